The minimum absolute atomic E-state index is 0.0888. The van der Waals surface area contributed by atoms with Crippen LogP contribution >= 0.6 is 0 Å². The molecule has 12 atom stereocenters. The zero-order chi connectivity index (χ0) is 35.1. The monoisotopic (exact) mass is 686 g/mol. The van der Waals surface area contributed by atoms with Gasteiger partial charge in [0.1, 0.15) is 48.8 Å². The van der Waals surface area contributed by atoms with Crippen molar-refractivity contribution in [3.05, 3.63) is 47.5 Å². The van der Waals surface area contributed by atoms with Crippen molar-refractivity contribution >= 4 is 0 Å². The van der Waals surface area contributed by atoms with Crippen LogP contribution in [0.25, 0.3) is 0 Å². The molecular weight excluding hydrogens is 640 g/mol. The molecule has 16 heteroatoms. The lowest BCUT2D eigenvalue weighted by atomic mass is 9.83. The number of benzene rings is 2. The maximum Gasteiger partial charge on any atom is 0.186 e. The number of aliphatic hydroxyl groups excluding tert-OH is 8. The van der Waals surface area contributed by atoms with E-state index in [9.17, 15) is 51.1 Å². The van der Waals surface area contributed by atoms with Gasteiger partial charge in [-0.25, -0.2) is 0 Å². The summed E-state index contributed by atoms with van der Waals surface area (Å²) in [5, 5.41) is 102. The highest BCUT2D eigenvalue weighted by Crippen LogP contribution is 2.34. The Bertz CT molecular complexity index is 1200. The Balaban J connectivity index is 1.66. The smallest absolute Gasteiger partial charge is 0.186 e. The topological polar surface area (TPSA) is 258 Å². The molecule has 0 aliphatic carbocycles. The van der Waals surface area contributed by atoms with Crippen molar-refractivity contribution in [3.8, 4) is 23.0 Å². The third-order valence-electron chi connectivity index (χ3n) is 8.80. The van der Waals surface area contributed by atoms with Gasteiger partial charge in [-0.05, 0) is 60.1 Å². The summed E-state index contributed by atoms with van der Waals surface area (Å²) in [5.41, 5.74) is 1.38. The van der Waals surface area contributed by atoms with Crippen molar-refractivity contribution in [1.29, 1.82) is 0 Å². The summed E-state index contributed by atoms with van der Waals surface area (Å²) in [7, 11) is 2.79. The average molecular weight is 687 g/mol. The first-order valence-electron chi connectivity index (χ1n) is 15.5. The highest BCUT2D eigenvalue weighted by Gasteiger charge is 2.46. The largest absolute Gasteiger partial charge is 0.504 e. The number of phenols is 2. The molecule has 0 saturated carbocycles. The van der Waals surface area contributed by atoms with Gasteiger partial charge < -0.3 is 79.5 Å². The number of rotatable bonds is 15. The fourth-order valence-corrected chi connectivity index (χ4v) is 5.87. The molecule has 2 aliphatic rings. The third kappa shape index (κ3) is 8.84. The molecule has 10 N–H and O–H groups in total. The molecule has 0 spiro atoms. The van der Waals surface area contributed by atoms with Crippen molar-refractivity contribution in [2.24, 2.45) is 11.8 Å². The van der Waals surface area contributed by atoms with E-state index >= 15 is 0 Å². The van der Waals surface area contributed by atoms with E-state index in [0.29, 0.717) is 11.1 Å². The van der Waals surface area contributed by atoms with Gasteiger partial charge in [-0.15, -0.1) is 0 Å². The van der Waals surface area contributed by atoms with Crippen LogP contribution in [0.15, 0.2) is 36.4 Å². The Kier molecular flexibility index (Phi) is 13.6. The summed E-state index contributed by atoms with van der Waals surface area (Å²) in [6, 6.07) is 9.47. The van der Waals surface area contributed by atoms with E-state index in [1.165, 1.54) is 26.4 Å². The molecule has 0 bridgehead atoms. The summed E-state index contributed by atoms with van der Waals surface area (Å²) in [5.74, 6) is -0.854. The molecule has 0 radical (unpaired) electrons. The van der Waals surface area contributed by atoms with Crippen molar-refractivity contribution < 1.29 is 79.5 Å². The minimum atomic E-state index is -1.67. The molecular formula is C32H46O16. The van der Waals surface area contributed by atoms with Crippen LogP contribution in [0.1, 0.15) is 11.1 Å². The number of aliphatic hydroxyl groups is 8. The summed E-state index contributed by atoms with van der Waals surface area (Å²) < 4.78 is 33.6. The second kappa shape index (κ2) is 17.2. The van der Waals surface area contributed by atoms with Crippen LogP contribution in [0.5, 0.6) is 23.0 Å². The first kappa shape index (κ1) is 38.0. The molecule has 4 rings (SSSR count). The Morgan fingerprint density at radius 3 is 1.29 bits per heavy atom. The number of hydrogen-bond acceptors (Lipinski definition) is 16. The zero-order valence-corrected chi connectivity index (χ0v) is 26.6. The van der Waals surface area contributed by atoms with Gasteiger partial charge in [0.05, 0.1) is 40.6 Å². The van der Waals surface area contributed by atoms with Gasteiger partial charge in [-0.1, -0.05) is 12.1 Å². The van der Waals surface area contributed by atoms with Gasteiger partial charge in [-0.3, -0.25) is 0 Å². The van der Waals surface area contributed by atoms with Gasteiger partial charge in [0.25, 0.3) is 0 Å². The Labute approximate surface area is 276 Å². The van der Waals surface area contributed by atoms with Crippen molar-refractivity contribution in [2.45, 2.75) is 74.3 Å². The maximum atomic E-state index is 10.6. The normalized spacial score (nSPS) is 32.0. The van der Waals surface area contributed by atoms with E-state index in [1.54, 1.807) is 24.3 Å². The predicted octanol–water partition coefficient (Wildman–Crippen LogP) is -2.23. The van der Waals surface area contributed by atoms with Gasteiger partial charge in [0.15, 0.2) is 35.6 Å². The van der Waals surface area contributed by atoms with Crippen LogP contribution in [0.3, 0.4) is 0 Å². The average Bonchev–Trinajstić information content (AvgIpc) is 3.09. The number of methoxy groups -OCH3 is 2. The fourth-order valence-electron chi connectivity index (χ4n) is 5.87. The number of aromatic hydroxyl groups is 2. The Morgan fingerprint density at radius 1 is 0.583 bits per heavy atom. The lowest BCUT2D eigenvalue weighted by Gasteiger charge is -2.41. The summed E-state index contributed by atoms with van der Waals surface area (Å²) in [4.78, 5) is 0. The van der Waals surface area contributed by atoms with E-state index in [4.69, 9.17) is 28.4 Å². The summed E-state index contributed by atoms with van der Waals surface area (Å²) in [6.45, 7) is -1.63. The standard InChI is InChI=1S/C32H46O16/c1-43-21-9-15(3-5-19(21)35)7-17(13-45-31-29(41)27(39)25(37)23(11-33)47-31)18(8-16-4-6-20(36)22(10-16)44-2)14-46-32-30(42)28(40)26(38)24(12-34)48-32/h3-6,9-10,17-18,23-42H,7-8,11-14H2,1-2H3/t17-,18-,23-,24+,25-,26+,27+,28-,29-,30-,31-,32+/m0/s1. The molecule has 2 fully saturated rings. The summed E-state index contributed by atoms with van der Waals surface area (Å²) in [6.07, 6.45) is -14.7. The third-order valence-corrected chi connectivity index (χ3v) is 8.80. The van der Waals surface area contributed by atoms with E-state index in [2.05, 4.69) is 0 Å². The SMILES string of the molecule is COc1cc(C[C@@H](CO[C@@H]2O[C@H](CO)[C@@H](O)[C@H](O)[C@@H]2O)[C@H](CO[C@H]2O[C@@H](CO)[C@H](O)[C@@H](O)[C@@H]2O)Cc2ccc(O)c(OC)c2)ccc1O. The molecule has 0 amide bonds. The van der Waals surface area contributed by atoms with Gasteiger partial charge in [0, 0.05) is 0 Å². The molecule has 2 aromatic rings. The van der Waals surface area contributed by atoms with Crippen LogP contribution in [0.2, 0.25) is 0 Å². The van der Waals surface area contributed by atoms with Crippen LogP contribution in [-0.2, 0) is 31.8 Å². The second-order valence-electron chi connectivity index (χ2n) is 12.0. The van der Waals surface area contributed by atoms with Crippen LogP contribution < -0.4 is 9.47 Å². The molecule has 270 valence electrons. The van der Waals surface area contributed by atoms with Crippen molar-refractivity contribution in [3.63, 3.8) is 0 Å². The van der Waals surface area contributed by atoms with Gasteiger partial charge in [-0.2, -0.15) is 0 Å². The van der Waals surface area contributed by atoms with E-state index in [0.717, 1.165) is 0 Å². The summed E-state index contributed by atoms with van der Waals surface area (Å²) >= 11 is 0. The van der Waals surface area contributed by atoms with Crippen LogP contribution in [-0.4, -0.2) is 153 Å². The highest BCUT2D eigenvalue weighted by atomic mass is 16.7. The predicted molar refractivity (Wildman–Crippen MR) is 163 cm³/mol. The molecule has 2 aliphatic heterocycles. The van der Waals surface area contributed by atoms with Crippen molar-refractivity contribution in [2.75, 3.05) is 40.6 Å². The quantitative estimate of drug-likeness (QED) is 0.0951. The van der Waals surface area contributed by atoms with E-state index < -0.39 is 86.5 Å². The zero-order valence-electron chi connectivity index (χ0n) is 26.6. The number of phenolic OH excluding ortho intramolecular Hbond substituents is 2. The first-order chi connectivity index (χ1) is 22.9. The minimum Gasteiger partial charge on any atom is -0.504 e. The second-order valence-corrected chi connectivity index (χ2v) is 12.0. The van der Waals surface area contributed by atoms with Crippen LogP contribution in [0.4, 0.5) is 0 Å². The number of hydrogen-bond donors (Lipinski definition) is 10. The highest BCUT2D eigenvalue weighted by molar-refractivity contribution is 5.43. The van der Waals surface area contributed by atoms with Gasteiger partial charge >= 0.3 is 0 Å². The molecule has 0 aromatic heterocycles. The Morgan fingerprint density at radius 2 is 0.958 bits per heavy atom. The number of ether oxygens (including phenoxy) is 6. The van der Waals surface area contributed by atoms with Gasteiger partial charge in [0.2, 0.25) is 0 Å². The maximum absolute atomic E-state index is 10.6. The lowest BCUT2D eigenvalue weighted by molar-refractivity contribution is -0.308. The Hall–Kier alpha value is -2.84. The van der Waals surface area contributed by atoms with E-state index in [1.807, 2.05) is 0 Å². The first-order valence-corrected chi connectivity index (χ1v) is 15.5. The molecule has 0 unspecified atom stereocenters. The fraction of sp³-hybridized carbons (Fsp3) is 0.625. The molecule has 48 heavy (non-hydrogen) atoms. The molecule has 2 aromatic carbocycles. The molecule has 2 saturated heterocycles. The van der Waals surface area contributed by atoms with Crippen LogP contribution in [0, 0.1) is 11.8 Å². The molecule has 16 nitrogen and oxygen atoms in total. The molecule has 2 heterocycles. The van der Waals surface area contributed by atoms with E-state index in [-0.39, 0.29) is 49.1 Å². The lowest BCUT2D eigenvalue weighted by Crippen LogP contribution is -2.59. The van der Waals surface area contributed by atoms with Crippen molar-refractivity contribution in [1.82, 2.24) is 0 Å².